The maximum absolute atomic E-state index is 8.63. The van der Waals surface area contributed by atoms with Gasteiger partial charge < -0.3 is 5.32 Å². The fourth-order valence-electron chi connectivity index (χ4n) is 2.04. The van der Waals surface area contributed by atoms with Gasteiger partial charge in [-0.3, -0.25) is 4.68 Å². The molecule has 0 atom stereocenters. The summed E-state index contributed by atoms with van der Waals surface area (Å²) in [6.07, 6.45) is 0.460. The molecule has 1 aromatic carbocycles. The van der Waals surface area contributed by atoms with E-state index in [2.05, 4.69) is 29.5 Å². The molecule has 2 aromatic rings. The molecule has 1 aromatic heterocycles. The van der Waals surface area contributed by atoms with Gasteiger partial charge in [0.1, 0.15) is 0 Å². The zero-order valence-corrected chi connectivity index (χ0v) is 11.3. The topological polar surface area (TPSA) is 53.6 Å². The van der Waals surface area contributed by atoms with Crippen LogP contribution in [-0.4, -0.2) is 9.78 Å². The first-order valence-corrected chi connectivity index (χ1v) is 6.46. The number of nitrogens with one attached hydrogen (secondary N) is 1. The molecule has 0 saturated carbocycles. The van der Waals surface area contributed by atoms with Crippen LogP contribution in [0.5, 0.6) is 0 Å². The predicted molar refractivity (Wildman–Crippen MR) is 75.7 cm³/mol. The molecule has 0 fully saturated rings. The Balaban J connectivity index is 2.00. The van der Waals surface area contributed by atoms with E-state index in [-0.39, 0.29) is 0 Å². The Bertz CT molecular complexity index is 575. The maximum atomic E-state index is 8.63. The highest BCUT2D eigenvalue weighted by atomic mass is 15.3. The van der Waals surface area contributed by atoms with Crippen LogP contribution in [-0.2, 0) is 19.5 Å². The zero-order valence-electron chi connectivity index (χ0n) is 11.3. The minimum atomic E-state index is 0.460. The second-order valence-corrected chi connectivity index (χ2v) is 4.48. The van der Waals surface area contributed by atoms with E-state index >= 15 is 0 Å². The summed E-state index contributed by atoms with van der Waals surface area (Å²) in [6.45, 7) is 5.73. The van der Waals surface area contributed by atoms with E-state index < -0.39 is 0 Å². The molecule has 0 radical (unpaired) electrons. The lowest BCUT2D eigenvalue weighted by atomic mass is 10.1. The number of aryl methyl sites for hydroxylation is 2. The Morgan fingerprint density at radius 1 is 1.32 bits per heavy atom. The molecule has 0 aliphatic rings. The van der Waals surface area contributed by atoms with Gasteiger partial charge in [-0.15, -0.1) is 0 Å². The second-order valence-electron chi connectivity index (χ2n) is 4.48. The van der Waals surface area contributed by atoms with E-state index in [1.807, 2.05) is 35.9 Å². The van der Waals surface area contributed by atoms with Crippen molar-refractivity contribution in [2.75, 3.05) is 5.32 Å². The van der Waals surface area contributed by atoms with Crippen LogP contribution < -0.4 is 5.32 Å². The van der Waals surface area contributed by atoms with Crippen molar-refractivity contribution in [2.24, 2.45) is 0 Å². The summed E-state index contributed by atoms with van der Waals surface area (Å²) in [5, 5.41) is 16.4. The van der Waals surface area contributed by atoms with Crippen molar-refractivity contribution in [1.29, 1.82) is 5.26 Å². The van der Waals surface area contributed by atoms with E-state index in [1.54, 1.807) is 0 Å². The quantitative estimate of drug-likeness (QED) is 0.892. The summed E-state index contributed by atoms with van der Waals surface area (Å²) in [7, 11) is 0. The number of nitriles is 1. The van der Waals surface area contributed by atoms with Crippen molar-refractivity contribution < 1.29 is 0 Å². The number of hydrogen-bond donors (Lipinski definition) is 1. The molecule has 0 saturated heterocycles. The van der Waals surface area contributed by atoms with E-state index in [0.717, 1.165) is 30.0 Å². The van der Waals surface area contributed by atoms with Crippen LogP contribution in [0.1, 0.15) is 23.9 Å². The van der Waals surface area contributed by atoms with Crippen molar-refractivity contribution in [3.05, 3.63) is 47.3 Å². The normalized spacial score (nSPS) is 10.2. The van der Waals surface area contributed by atoms with Crippen molar-refractivity contribution >= 4 is 5.69 Å². The summed E-state index contributed by atoms with van der Waals surface area (Å²) in [6, 6.07) is 12.2. The Kier molecular flexibility index (Phi) is 4.19. The van der Waals surface area contributed by atoms with Crippen LogP contribution in [0.15, 0.2) is 30.3 Å². The zero-order chi connectivity index (χ0) is 13.7. The van der Waals surface area contributed by atoms with Gasteiger partial charge in [0.05, 0.1) is 30.4 Å². The largest absolute Gasteiger partial charge is 0.379 e. The highest BCUT2D eigenvalue weighted by Crippen LogP contribution is 2.12. The lowest BCUT2D eigenvalue weighted by molar-refractivity contribution is 0.623. The molecule has 1 N–H and O–H groups in total. The number of rotatable bonds is 5. The first-order valence-electron chi connectivity index (χ1n) is 6.46. The molecule has 4 heteroatoms. The lowest BCUT2D eigenvalue weighted by Gasteiger charge is -2.08. The monoisotopic (exact) mass is 254 g/mol. The Hall–Kier alpha value is -2.28. The molecule has 2 rings (SSSR count). The minimum Gasteiger partial charge on any atom is -0.379 e. The number of aromatic nitrogens is 2. The Labute approximate surface area is 113 Å². The van der Waals surface area contributed by atoms with Gasteiger partial charge in [0.2, 0.25) is 0 Å². The highest BCUT2D eigenvalue weighted by Gasteiger charge is 2.03. The summed E-state index contributed by atoms with van der Waals surface area (Å²) < 4.78 is 2.01. The third-order valence-electron chi connectivity index (χ3n) is 3.00. The third kappa shape index (κ3) is 3.35. The summed E-state index contributed by atoms with van der Waals surface area (Å²) in [4.78, 5) is 0. The molecule has 98 valence electrons. The Morgan fingerprint density at radius 2 is 2.05 bits per heavy atom. The SMILES string of the molecule is CCn1nc(C)cc1CNc1ccc(CC#N)cc1. The molecule has 4 nitrogen and oxygen atoms in total. The molecule has 1 heterocycles. The molecule has 0 aliphatic carbocycles. The maximum Gasteiger partial charge on any atom is 0.0669 e. The second kappa shape index (κ2) is 6.05. The van der Waals surface area contributed by atoms with Crippen LogP contribution in [0.25, 0.3) is 0 Å². The summed E-state index contributed by atoms with van der Waals surface area (Å²) in [5.74, 6) is 0. The molecular weight excluding hydrogens is 236 g/mol. The predicted octanol–water partition coefficient (Wildman–Crippen LogP) is 2.89. The molecule has 19 heavy (non-hydrogen) atoms. The van der Waals surface area contributed by atoms with Crippen LogP contribution in [0.2, 0.25) is 0 Å². The van der Waals surface area contributed by atoms with Gasteiger partial charge in [0.25, 0.3) is 0 Å². The van der Waals surface area contributed by atoms with Gasteiger partial charge in [-0.1, -0.05) is 12.1 Å². The Morgan fingerprint density at radius 3 is 2.68 bits per heavy atom. The van der Waals surface area contributed by atoms with Crippen LogP contribution >= 0.6 is 0 Å². The third-order valence-corrected chi connectivity index (χ3v) is 3.00. The standard InChI is InChI=1S/C15H18N4/c1-3-19-15(10-12(2)18-19)11-17-14-6-4-13(5-7-14)8-9-16/h4-7,10,17H,3,8,11H2,1-2H3. The van der Waals surface area contributed by atoms with Crippen molar-refractivity contribution in [1.82, 2.24) is 9.78 Å². The van der Waals surface area contributed by atoms with E-state index in [1.165, 1.54) is 5.69 Å². The van der Waals surface area contributed by atoms with Crippen LogP contribution in [0.3, 0.4) is 0 Å². The molecule has 0 bridgehead atoms. The van der Waals surface area contributed by atoms with Crippen LogP contribution in [0, 0.1) is 18.3 Å². The van der Waals surface area contributed by atoms with Gasteiger partial charge >= 0.3 is 0 Å². The minimum absolute atomic E-state index is 0.460. The van der Waals surface area contributed by atoms with Gasteiger partial charge in [-0.05, 0) is 37.6 Å². The first kappa shape index (κ1) is 13.2. The van der Waals surface area contributed by atoms with Gasteiger partial charge in [-0.2, -0.15) is 10.4 Å². The van der Waals surface area contributed by atoms with Crippen molar-refractivity contribution in [3.63, 3.8) is 0 Å². The van der Waals surface area contributed by atoms with Crippen molar-refractivity contribution in [3.8, 4) is 6.07 Å². The van der Waals surface area contributed by atoms with E-state index in [4.69, 9.17) is 5.26 Å². The summed E-state index contributed by atoms with van der Waals surface area (Å²) >= 11 is 0. The highest BCUT2D eigenvalue weighted by molar-refractivity contribution is 5.45. The smallest absolute Gasteiger partial charge is 0.0669 e. The average molecular weight is 254 g/mol. The van der Waals surface area contributed by atoms with Crippen molar-refractivity contribution in [2.45, 2.75) is 33.4 Å². The number of benzene rings is 1. The molecular formula is C15H18N4. The lowest BCUT2D eigenvalue weighted by Crippen LogP contribution is -2.07. The average Bonchev–Trinajstić information content (AvgIpc) is 2.79. The van der Waals surface area contributed by atoms with E-state index in [0.29, 0.717) is 6.42 Å². The molecule has 0 unspecified atom stereocenters. The van der Waals surface area contributed by atoms with Crippen LogP contribution in [0.4, 0.5) is 5.69 Å². The molecule has 0 aliphatic heterocycles. The fourth-order valence-corrected chi connectivity index (χ4v) is 2.04. The number of nitrogens with zero attached hydrogens (tertiary/aromatic N) is 3. The van der Waals surface area contributed by atoms with E-state index in [9.17, 15) is 0 Å². The number of anilines is 1. The fraction of sp³-hybridized carbons (Fsp3) is 0.333. The van der Waals surface area contributed by atoms with Gasteiger partial charge in [0, 0.05) is 12.2 Å². The van der Waals surface area contributed by atoms with Gasteiger partial charge in [0.15, 0.2) is 0 Å². The molecule has 0 amide bonds. The van der Waals surface area contributed by atoms with Gasteiger partial charge in [-0.25, -0.2) is 0 Å². The summed E-state index contributed by atoms with van der Waals surface area (Å²) in [5.41, 5.74) is 4.33. The number of hydrogen-bond acceptors (Lipinski definition) is 3. The first-order chi connectivity index (χ1) is 9.22. The molecule has 0 spiro atoms.